The Morgan fingerprint density at radius 3 is 2.75 bits per heavy atom. The molecule has 4 amide bonds. The molecule has 1 N–H and O–H groups in total. The molecule has 2 aromatic rings. The molecule has 2 atom stereocenters. The van der Waals surface area contributed by atoms with Crippen LogP contribution in [0.1, 0.15) is 45.1 Å². The molecule has 168 valence electrons. The Morgan fingerprint density at radius 2 is 1.97 bits per heavy atom. The summed E-state index contributed by atoms with van der Waals surface area (Å²) < 4.78 is 1.45. The molecule has 32 heavy (non-hydrogen) atoms. The van der Waals surface area contributed by atoms with E-state index in [1.807, 2.05) is 24.8 Å². The predicted octanol–water partition coefficient (Wildman–Crippen LogP) is 1.72. The highest BCUT2D eigenvalue weighted by molar-refractivity contribution is 6.20. The molecule has 2 fully saturated rings. The fourth-order valence-electron chi connectivity index (χ4n) is 5.46. The van der Waals surface area contributed by atoms with Crippen molar-refractivity contribution in [1.82, 2.24) is 19.6 Å². The van der Waals surface area contributed by atoms with Crippen molar-refractivity contribution in [2.75, 3.05) is 18.0 Å². The Labute approximate surface area is 185 Å². The van der Waals surface area contributed by atoms with Crippen LogP contribution in [0.4, 0.5) is 10.6 Å². The summed E-state index contributed by atoms with van der Waals surface area (Å²) >= 11 is 0. The molecular weight excluding hydrogens is 410 g/mol. The van der Waals surface area contributed by atoms with E-state index in [2.05, 4.69) is 5.32 Å². The molecule has 0 saturated carbocycles. The lowest BCUT2D eigenvalue weighted by molar-refractivity contribution is -0.154. The van der Waals surface area contributed by atoms with Gasteiger partial charge in [-0.3, -0.25) is 29.0 Å². The van der Waals surface area contributed by atoms with Gasteiger partial charge in [-0.1, -0.05) is 32.8 Å². The maximum atomic E-state index is 13.9. The van der Waals surface area contributed by atoms with Crippen molar-refractivity contribution in [3.63, 3.8) is 0 Å². The summed E-state index contributed by atoms with van der Waals surface area (Å²) in [6.07, 6.45) is 4.92. The van der Waals surface area contributed by atoms with Crippen LogP contribution in [0.15, 0.2) is 29.2 Å². The summed E-state index contributed by atoms with van der Waals surface area (Å²) in [6.45, 7) is 4.65. The molecule has 3 aliphatic heterocycles. The minimum absolute atomic E-state index is 0.0484. The average Bonchev–Trinajstić information content (AvgIpc) is 3.02. The van der Waals surface area contributed by atoms with Gasteiger partial charge in [-0.2, -0.15) is 0 Å². The van der Waals surface area contributed by atoms with Gasteiger partial charge in [0.1, 0.15) is 11.5 Å². The Bertz CT molecular complexity index is 1190. The standard InChI is InChI=1S/C23H27N5O4/c1-14(2)13-28-21(31)23(20(30)25-22(28)32)12-15-18(26-10-6-3-4-8-16(23)26)24-17-9-5-7-11-27(17)19(15)29/h5,7,9,11,14,16H,3-4,6,8,10,12-13H2,1-2H3,(H,25,30,32)/t16-,23-/m0/s1. The van der Waals surface area contributed by atoms with Gasteiger partial charge in [-0.15, -0.1) is 0 Å². The molecule has 1 spiro atoms. The van der Waals surface area contributed by atoms with Gasteiger partial charge in [0.15, 0.2) is 5.41 Å². The zero-order valence-electron chi connectivity index (χ0n) is 18.3. The first-order chi connectivity index (χ1) is 15.3. The lowest BCUT2D eigenvalue weighted by Crippen LogP contribution is -2.72. The minimum atomic E-state index is -1.52. The third-order valence-corrected chi connectivity index (χ3v) is 6.90. The number of hydrogen-bond acceptors (Lipinski definition) is 6. The number of amides is 4. The number of anilines is 1. The van der Waals surface area contributed by atoms with Crippen LogP contribution in [0.2, 0.25) is 0 Å². The number of barbiturate groups is 1. The first kappa shape index (κ1) is 20.7. The lowest BCUT2D eigenvalue weighted by atomic mass is 9.68. The van der Waals surface area contributed by atoms with E-state index < -0.39 is 29.3 Å². The second-order valence-electron chi connectivity index (χ2n) is 9.42. The van der Waals surface area contributed by atoms with E-state index in [-0.39, 0.29) is 24.4 Å². The fraction of sp³-hybridized carbons (Fsp3) is 0.522. The van der Waals surface area contributed by atoms with Crippen LogP contribution < -0.4 is 15.8 Å². The van der Waals surface area contributed by atoms with Crippen LogP contribution >= 0.6 is 0 Å². The third-order valence-electron chi connectivity index (χ3n) is 6.90. The zero-order valence-corrected chi connectivity index (χ0v) is 18.3. The smallest absolute Gasteiger partial charge is 0.330 e. The quantitative estimate of drug-likeness (QED) is 0.718. The first-order valence-electron chi connectivity index (χ1n) is 11.3. The fourth-order valence-corrected chi connectivity index (χ4v) is 5.46. The highest BCUT2D eigenvalue weighted by atomic mass is 16.2. The molecule has 5 rings (SSSR count). The largest absolute Gasteiger partial charge is 0.352 e. The third kappa shape index (κ3) is 2.87. The summed E-state index contributed by atoms with van der Waals surface area (Å²) in [5.74, 6) is -0.494. The number of carbonyl (C=O) groups excluding carboxylic acids is 3. The summed E-state index contributed by atoms with van der Waals surface area (Å²) in [7, 11) is 0. The van der Waals surface area contributed by atoms with Crippen molar-refractivity contribution < 1.29 is 14.4 Å². The molecule has 0 unspecified atom stereocenters. The molecule has 0 radical (unpaired) electrons. The van der Waals surface area contributed by atoms with Crippen molar-refractivity contribution in [1.29, 1.82) is 0 Å². The number of fused-ring (bicyclic) bond motifs is 5. The van der Waals surface area contributed by atoms with Gasteiger partial charge in [0.25, 0.3) is 5.56 Å². The Morgan fingerprint density at radius 1 is 1.16 bits per heavy atom. The molecule has 9 heteroatoms. The van der Waals surface area contributed by atoms with Crippen LogP contribution in [0.25, 0.3) is 5.65 Å². The number of carbonyl (C=O) groups is 3. The van der Waals surface area contributed by atoms with Crippen LogP contribution in [0.3, 0.4) is 0 Å². The van der Waals surface area contributed by atoms with Crippen molar-refractivity contribution in [2.45, 2.75) is 52.0 Å². The van der Waals surface area contributed by atoms with Crippen LogP contribution in [-0.2, 0) is 16.0 Å². The van der Waals surface area contributed by atoms with Crippen LogP contribution in [0.5, 0.6) is 0 Å². The first-order valence-corrected chi connectivity index (χ1v) is 11.3. The predicted molar refractivity (Wildman–Crippen MR) is 117 cm³/mol. The number of aromatic nitrogens is 2. The number of imide groups is 2. The van der Waals surface area contributed by atoms with E-state index in [4.69, 9.17) is 4.98 Å². The molecule has 0 aromatic carbocycles. The second-order valence-corrected chi connectivity index (χ2v) is 9.42. The monoisotopic (exact) mass is 437 g/mol. The lowest BCUT2D eigenvalue weighted by Gasteiger charge is -2.50. The molecule has 2 aromatic heterocycles. The molecule has 5 heterocycles. The van der Waals surface area contributed by atoms with E-state index in [9.17, 15) is 19.2 Å². The van der Waals surface area contributed by atoms with Crippen molar-refractivity contribution in [3.05, 3.63) is 40.3 Å². The second kappa shape index (κ2) is 7.43. The SMILES string of the molecule is CC(C)CN1C(=O)NC(=O)[C@@]2(Cc3c(nc4ccccn4c3=O)N3CCCCC[C@H]32)C1=O. The van der Waals surface area contributed by atoms with Gasteiger partial charge in [0, 0.05) is 25.7 Å². The Balaban J connectivity index is 1.74. The molecule has 0 bridgehead atoms. The highest BCUT2D eigenvalue weighted by Gasteiger charge is 2.62. The highest BCUT2D eigenvalue weighted by Crippen LogP contribution is 2.45. The number of pyridine rings is 1. The molecule has 3 aliphatic rings. The van der Waals surface area contributed by atoms with Crippen LogP contribution in [-0.4, -0.2) is 51.3 Å². The average molecular weight is 438 g/mol. The van der Waals surface area contributed by atoms with E-state index in [1.165, 1.54) is 4.40 Å². The maximum absolute atomic E-state index is 13.9. The summed E-state index contributed by atoms with van der Waals surface area (Å²) in [4.78, 5) is 61.3. The van der Waals surface area contributed by atoms with Gasteiger partial charge < -0.3 is 4.90 Å². The van der Waals surface area contributed by atoms with Gasteiger partial charge >= 0.3 is 6.03 Å². The molecular formula is C23H27N5O4. The molecule has 2 saturated heterocycles. The van der Waals surface area contributed by atoms with E-state index in [0.717, 1.165) is 24.2 Å². The van der Waals surface area contributed by atoms with Crippen molar-refractivity contribution in [2.24, 2.45) is 11.3 Å². The number of nitrogens with one attached hydrogen (secondary N) is 1. The summed E-state index contributed by atoms with van der Waals surface area (Å²) in [5.41, 5.74) is -0.912. The zero-order chi connectivity index (χ0) is 22.6. The summed E-state index contributed by atoms with van der Waals surface area (Å²) in [5, 5.41) is 2.44. The summed E-state index contributed by atoms with van der Waals surface area (Å²) in [6, 6.07) is 4.22. The molecule has 9 nitrogen and oxygen atoms in total. The van der Waals surface area contributed by atoms with Crippen molar-refractivity contribution in [3.8, 4) is 0 Å². The van der Waals surface area contributed by atoms with E-state index in [0.29, 0.717) is 30.0 Å². The van der Waals surface area contributed by atoms with Gasteiger partial charge in [0.05, 0.1) is 11.6 Å². The maximum Gasteiger partial charge on any atom is 0.330 e. The Hall–Kier alpha value is -3.23. The van der Waals surface area contributed by atoms with E-state index in [1.54, 1.807) is 18.3 Å². The number of nitrogens with zero attached hydrogens (tertiary/aromatic N) is 4. The number of urea groups is 1. The number of rotatable bonds is 2. The topological polar surface area (TPSA) is 104 Å². The van der Waals surface area contributed by atoms with E-state index >= 15 is 0 Å². The van der Waals surface area contributed by atoms with Crippen LogP contribution in [0, 0.1) is 11.3 Å². The van der Waals surface area contributed by atoms with Gasteiger partial charge in [-0.05, 0) is 30.9 Å². The van der Waals surface area contributed by atoms with Gasteiger partial charge in [-0.25, -0.2) is 9.78 Å². The minimum Gasteiger partial charge on any atom is -0.352 e. The van der Waals surface area contributed by atoms with Gasteiger partial charge in [0.2, 0.25) is 11.8 Å². The molecule has 0 aliphatic carbocycles. The Kier molecular flexibility index (Phi) is 4.79. The van der Waals surface area contributed by atoms with Crippen molar-refractivity contribution >= 4 is 29.3 Å². The number of hydrogen-bond donors (Lipinski definition) is 1. The normalized spacial score (nSPS) is 25.7.